The summed E-state index contributed by atoms with van der Waals surface area (Å²) in [4.78, 5) is 21.7. The maximum atomic E-state index is 12.0. The van der Waals surface area contributed by atoms with E-state index in [1.807, 2.05) is 80.6 Å². The van der Waals surface area contributed by atoms with Gasteiger partial charge in [0, 0.05) is 28.4 Å². The van der Waals surface area contributed by atoms with Crippen molar-refractivity contribution in [1.82, 2.24) is 20.2 Å². The number of ether oxygens (including phenoxy) is 1. The molecule has 0 spiro atoms. The Morgan fingerprint density at radius 3 is 2.79 bits per heavy atom. The molecule has 0 unspecified atom stereocenters. The summed E-state index contributed by atoms with van der Waals surface area (Å²) in [7, 11) is 0. The van der Waals surface area contributed by atoms with Crippen molar-refractivity contribution < 1.29 is 9.53 Å². The third-order valence-corrected chi connectivity index (χ3v) is 5.43. The number of nitrogens with zero attached hydrogens (tertiary/aromatic N) is 3. The van der Waals surface area contributed by atoms with Crippen LogP contribution in [0.3, 0.4) is 0 Å². The van der Waals surface area contributed by atoms with E-state index in [1.165, 1.54) is 0 Å². The molecule has 0 fully saturated rings. The number of H-pyrrole nitrogens is 1. The number of rotatable bonds is 8. The van der Waals surface area contributed by atoms with E-state index in [-0.39, 0.29) is 12.4 Å². The maximum absolute atomic E-state index is 12.0. The maximum Gasteiger partial charge on any atom is 0.170 e. The van der Waals surface area contributed by atoms with Crippen molar-refractivity contribution >= 4 is 39.1 Å². The van der Waals surface area contributed by atoms with Crippen LogP contribution in [0.2, 0.25) is 0 Å². The third kappa shape index (κ3) is 4.73. The van der Waals surface area contributed by atoms with Gasteiger partial charge in [-0.1, -0.05) is 38.1 Å². The number of aromatic nitrogens is 4. The van der Waals surface area contributed by atoms with Crippen molar-refractivity contribution in [2.24, 2.45) is 5.92 Å². The van der Waals surface area contributed by atoms with Gasteiger partial charge in [-0.25, -0.2) is 9.97 Å². The van der Waals surface area contributed by atoms with Crippen LogP contribution in [-0.4, -0.2) is 32.6 Å². The molecular formula is C27H25N5O2. The number of para-hydroxylation sites is 1. The minimum atomic E-state index is 0.0590. The van der Waals surface area contributed by atoms with Crippen LogP contribution >= 0.6 is 0 Å². The Morgan fingerprint density at radius 1 is 1.03 bits per heavy atom. The molecule has 0 bridgehead atoms. The van der Waals surface area contributed by atoms with Crippen LogP contribution in [-0.2, 0) is 4.79 Å². The zero-order valence-electron chi connectivity index (χ0n) is 19.1. The highest BCUT2D eigenvalue weighted by Crippen LogP contribution is 2.29. The highest BCUT2D eigenvalue weighted by molar-refractivity contribution is 5.93. The molecule has 2 aromatic heterocycles. The lowest BCUT2D eigenvalue weighted by molar-refractivity contribution is -0.121. The zero-order chi connectivity index (χ0) is 23.5. The Bertz CT molecular complexity index is 1470. The van der Waals surface area contributed by atoms with E-state index in [0.717, 1.165) is 33.1 Å². The van der Waals surface area contributed by atoms with Crippen molar-refractivity contribution in [3.8, 4) is 17.1 Å². The van der Waals surface area contributed by atoms with Crippen molar-refractivity contribution in [3.63, 3.8) is 0 Å². The summed E-state index contributed by atoms with van der Waals surface area (Å²) in [6.07, 6.45) is 2.30. The van der Waals surface area contributed by atoms with Crippen LogP contribution < -0.4 is 10.1 Å². The largest absolute Gasteiger partial charge is 0.486 e. The molecule has 5 rings (SSSR count). The Hall–Kier alpha value is -4.26. The molecule has 0 amide bonds. The van der Waals surface area contributed by atoms with Gasteiger partial charge in [0.05, 0.1) is 17.2 Å². The molecule has 7 nitrogen and oxygen atoms in total. The molecule has 0 aliphatic heterocycles. The van der Waals surface area contributed by atoms with Gasteiger partial charge in [0.2, 0.25) is 0 Å². The normalized spacial score (nSPS) is 11.3. The fourth-order valence-electron chi connectivity index (χ4n) is 3.86. The molecule has 0 saturated carbocycles. The molecule has 0 radical (unpaired) electrons. The summed E-state index contributed by atoms with van der Waals surface area (Å²) < 4.78 is 5.75. The number of benzene rings is 3. The lowest BCUT2D eigenvalue weighted by atomic mass is 10.1. The predicted molar refractivity (Wildman–Crippen MR) is 134 cm³/mol. The predicted octanol–water partition coefficient (Wildman–Crippen LogP) is 5.91. The van der Waals surface area contributed by atoms with Crippen molar-refractivity contribution in [2.75, 3.05) is 11.9 Å². The van der Waals surface area contributed by atoms with Crippen molar-refractivity contribution in [2.45, 2.75) is 20.3 Å². The van der Waals surface area contributed by atoms with Gasteiger partial charge in [0.1, 0.15) is 18.2 Å². The van der Waals surface area contributed by atoms with Crippen molar-refractivity contribution in [3.05, 3.63) is 72.9 Å². The summed E-state index contributed by atoms with van der Waals surface area (Å²) in [5.74, 6) is 2.30. The monoisotopic (exact) mass is 451 g/mol. The van der Waals surface area contributed by atoms with Crippen LogP contribution in [0.4, 0.5) is 11.5 Å². The number of hydrogen-bond acceptors (Lipinski definition) is 6. The second-order valence-corrected chi connectivity index (χ2v) is 8.66. The molecule has 7 heteroatoms. The van der Waals surface area contributed by atoms with Gasteiger partial charge < -0.3 is 10.1 Å². The van der Waals surface area contributed by atoms with E-state index in [9.17, 15) is 4.79 Å². The first-order valence-corrected chi connectivity index (χ1v) is 11.3. The lowest BCUT2D eigenvalue weighted by Crippen LogP contribution is -2.13. The van der Waals surface area contributed by atoms with E-state index in [2.05, 4.69) is 15.5 Å². The first-order chi connectivity index (χ1) is 16.5. The summed E-state index contributed by atoms with van der Waals surface area (Å²) in [5, 5.41) is 12.4. The molecule has 5 aromatic rings. The van der Waals surface area contributed by atoms with E-state index >= 15 is 0 Å². The summed E-state index contributed by atoms with van der Waals surface area (Å²) in [6, 6.07) is 21.4. The molecular weight excluding hydrogens is 426 g/mol. The Morgan fingerprint density at radius 2 is 1.91 bits per heavy atom. The van der Waals surface area contributed by atoms with Gasteiger partial charge in [-0.3, -0.25) is 9.89 Å². The smallest absolute Gasteiger partial charge is 0.170 e. The van der Waals surface area contributed by atoms with Crippen LogP contribution in [0.15, 0.2) is 72.9 Å². The first kappa shape index (κ1) is 21.6. The molecule has 3 aromatic carbocycles. The topological polar surface area (TPSA) is 92.8 Å². The van der Waals surface area contributed by atoms with Gasteiger partial charge in [-0.05, 0) is 48.4 Å². The lowest BCUT2D eigenvalue weighted by Gasteiger charge is -2.12. The molecule has 0 aliphatic carbocycles. The minimum Gasteiger partial charge on any atom is -0.486 e. The van der Waals surface area contributed by atoms with E-state index in [4.69, 9.17) is 14.7 Å². The van der Waals surface area contributed by atoms with Crippen LogP contribution in [0.5, 0.6) is 5.75 Å². The highest BCUT2D eigenvalue weighted by Gasteiger charge is 2.12. The van der Waals surface area contributed by atoms with Crippen molar-refractivity contribution in [1.29, 1.82) is 0 Å². The van der Waals surface area contributed by atoms with Crippen LogP contribution in [0.25, 0.3) is 33.2 Å². The number of carbonyl (C=O) groups is 1. The van der Waals surface area contributed by atoms with Gasteiger partial charge >= 0.3 is 0 Å². The fraction of sp³-hybridized carbons (Fsp3) is 0.185. The number of aromatic amines is 1. The van der Waals surface area contributed by atoms with Gasteiger partial charge in [0.25, 0.3) is 0 Å². The molecule has 2 N–H and O–H groups in total. The second kappa shape index (κ2) is 9.31. The molecule has 0 saturated heterocycles. The van der Waals surface area contributed by atoms with Crippen LogP contribution in [0.1, 0.15) is 20.3 Å². The summed E-state index contributed by atoms with van der Waals surface area (Å²) in [5.41, 5.74) is 3.53. The first-order valence-electron chi connectivity index (χ1n) is 11.3. The quantitative estimate of drug-likeness (QED) is 0.305. The Kier molecular flexibility index (Phi) is 5.91. The Balaban J connectivity index is 1.46. The summed E-state index contributed by atoms with van der Waals surface area (Å²) >= 11 is 0. The number of anilines is 2. The third-order valence-electron chi connectivity index (χ3n) is 5.43. The molecule has 34 heavy (non-hydrogen) atoms. The SMILES string of the molecule is CC(C)CC(=O)COc1cccc(-c2nc(Nc3ccc4[nH]ncc4c3)c3ccccc3n2)c1. The Labute approximate surface area is 197 Å². The second-order valence-electron chi connectivity index (χ2n) is 8.66. The van der Waals surface area contributed by atoms with Gasteiger partial charge in [-0.2, -0.15) is 5.10 Å². The molecule has 0 aliphatic rings. The minimum absolute atomic E-state index is 0.0590. The number of Topliss-reactive ketones (excluding diaryl/α,β-unsaturated/α-hetero) is 1. The standard InChI is InChI=1S/C27H25N5O2/c1-17(2)12-21(33)16-34-22-7-5-6-18(14-22)26-30-25-9-4-3-8-23(25)27(31-26)29-20-10-11-24-19(13-20)15-28-32-24/h3-11,13-15,17H,12,16H2,1-2H3,(H,28,32)(H,29,30,31). The number of ketones is 1. The molecule has 2 heterocycles. The molecule has 170 valence electrons. The average molecular weight is 452 g/mol. The number of hydrogen-bond donors (Lipinski definition) is 2. The van der Waals surface area contributed by atoms with Gasteiger partial charge in [-0.15, -0.1) is 0 Å². The van der Waals surface area contributed by atoms with Crippen LogP contribution in [0, 0.1) is 5.92 Å². The van der Waals surface area contributed by atoms with Gasteiger partial charge in [0.15, 0.2) is 11.6 Å². The zero-order valence-corrected chi connectivity index (χ0v) is 19.1. The van der Waals surface area contributed by atoms with E-state index in [1.54, 1.807) is 6.20 Å². The highest BCUT2D eigenvalue weighted by atomic mass is 16.5. The molecule has 0 atom stereocenters. The average Bonchev–Trinajstić information content (AvgIpc) is 3.30. The number of fused-ring (bicyclic) bond motifs is 2. The van der Waals surface area contributed by atoms with E-state index < -0.39 is 0 Å². The van der Waals surface area contributed by atoms with E-state index in [0.29, 0.717) is 29.7 Å². The summed E-state index contributed by atoms with van der Waals surface area (Å²) in [6.45, 7) is 4.10. The number of nitrogens with one attached hydrogen (secondary N) is 2. The number of carbonyl (C=O) groups excluding carboxylic acids is 1. The fourth-order valence-corrected chi connectivity index (χ4v) is 3.86.